The third kappa shape index (κ3) is 3.04. The van der Waals surface area contributed by atoms with Crippen LogP contribution in [0.25, 0.3) is 0 Å². The van der Waals surface area contributed by atoms with Crippen LogP contribution in [0.2, 0.25) is 0 Å². The van der Waals surface area contributed by atoms with Crippen LogP contribution in [0.1, 0.15) is 29.4 Å². The molecule has 0 aliphatic heterocycles. The summed E-state index contributed by atoms with van der Waals surface area (Å²) in [5, 5.41) is 7.73. The molecule has 1 aromatic heterocycles. The molecule has 0 aliphatic rings. The lowest BCUT2D eigenvalue weighted by molar-refractivity contribution is 0.0982. The number of nitrogens with zero attached hydrogens (tertiary/aromatic N) is 3. The number of halogens is 1. The minimum absolute atomic E-state index is 0.0477. The number of rotatable bonds is 5. The molecule has 18 heavy (non-hydrogen) atoms. The Morgan fingerprint density at radius 1 is 1.44 bits per heavy atom. The largest absolute Gasteiger partial charge is 0.292 e. The molecule has 0 radical (unpaired) electrons. The normalized spacial score (nSPS) is 10.6. The van der Waals surface area contributed by atoms with E-state index in [1.165, 1.54) is 6.20 Å². The summed E-state index contributed by atoms with van der Waals surface area (Å²) in [7, 11) is 0. The van der Waals surface area contributed by atoms with E-state index in [1.807, 2.05) is 31.2 Å². The second-order valence-electron chi connectivity index (χ2n) is 4.07. The zero-order chi connectivity index (χ0) is 13.0. The Morgan fingerprint density at radius 3 is 3.00 bits per heavy atom. The first-order valence-corrected chi connectivity index (χ1v) is 6.66. The lowest BCUT2D eigenvalue weighted by atomic mass is 10.1. The number of aromatic nitrogens is 3. The molecule has 1 aromatic carbocycles. The van der Waals surface area contributed by atoms with E-state index in [0.29, 0.717) is 12.1 Å². The predicted molar refractivity (Wildman–Crippen MR) is 72.5 cm³/mol. The maximum absolute atomic E-state index is 12.2. The number of Topliss-reactive ketones (excluding diaryl/α,β-unsaturated/α-hetero) is 1. The van der Waals surface area contributed by atoms with Gasteiger partial charge in [-0.15, -0.1) is 5.10 Å². The fraction of sp³-hybridized carbons (Fsp3) is 0.308. The van der Waals surface area contributed by atoms with Crippen molar-refractivity contribution >= 4 is 21.7 Å². The zero-order valence-corrected chi connectivity index (χ0v) is 11.7. The van der Waals surface area contributed by atoms with Crippen LogP contribution in [0, 0.1) is 0 Å². The summed E-state index contributed by atoms with van der Waals surface area (Å²) in [6.07, 6.45) is 2.84. The van der Waals surface area contributed by atoms with Crippen LogP contribution in [0.4, 0.5) is 0 Å². The van der Waals surface area contributed by atoms with Crippen molar-refractivity contribution in [3.05, 3.63) is 46.2 Å². The number of carbonyl (C=O) groups is 1. The molecule has 0 saturated carbocycles. The van der Waals surface area contributed by atoms with E-state index in [4.69, 9.17) is 0 Å². The molecule has 0 fully saturated rings. The van der Waals surface area contributed by atoms with Crippen LogP contribution < -0.4 is 0 Å². The van der Waals surface area contributed by atoms with Gasteiger partial charge < -0.3 is 0 Å². The summed E-state index contributed by atoms with van der Waals surface area (Å²) in [5.41, 5.74) is 1.57. The van der Waals surface area contributed by atoms with Gasteiger partial charge in [-0.25, -0.2) is 4.68 Å². The molecule has 94 valence electrons. The van der Waals surface area contributed by atoms with Gasteiger partial charge in [-0.05, 0) is 24.1 Å². The molecule has 1 heterocycles. The van der Waals surface area contributed by atoms with Crippen molar-refractivity contribution in [3.8, 4) is 0 Å². The van der Waals surface area contributed by atoms with Crippen molar-refractivity contribution in [3.63, 3.8) is 0 Å². The molecule has 0 saturated heterocycles. The number of hydrogen-bond donors (Lipinski definition) is 0. The van der Waals surface area contributed by atoms with Crippen molar-refractivity contribution in [2.24, 2.45) is 0 Å². The molecule has 0 spiro atoms. The standard InChI is InChI=1S/C13H14BrN3O/c1-2-6-17-12(9-15-16-17)13(18)8-10-4-3-5-11(14)7-10/h3-5,7,9H,2,6,8H2,1H3. The van der Waals surface area contributed by atoms with Gasteiger partial charge in [0.15, 0.2) is 5.78 Å². The average Bonchev–Trinajstić information content (AvgIpc) is 2.78. The average molecular weight is 308 g/mol. The van der Waals surface area contributed by atoms with Crippen LogP contribution >= 0.6 is 15.9 Å². The summed E-state index contributed by atoms with van der Waals surface area (Å²) < 4.78 is 2.65. The number of ketones is 1. The second-order valence-corrected chi connectivity index (χ2v) is 4.99. The van der Waals surface area contributed by atoms with Crippen LogP contribution in [-0.4, -0.2) is 20.8 Å². The highest BCUT2D eigenvalue weighted by atomic mass is 79.9. The summed E-state index contributed by atoms with van der Waals surface area (Å²) >= 11 is 3.40. The maximum Gasteiger partial charge on any atom is 0.186 e. The molecule has 4 nitrogen and oxygen atoms in total. The smallest absolute Gasteiger partial charge is 0.186 e. The van der Waals surface area contributed by atoms with Crippen molar-refractivity contribution < 1.29 is 4.79 Å². The quantitative estimate of drug-likeness (QED) is 0.798. The van der Waals surface area contributed by atoms with E-state index in [9.17, 15) is 4.79 Å². The van der Waals surface area contributed by atoms with E-state index in [1.54, 1.807) is 4.68 Å². The number of benzene rings is 1. The van der Waals surface area contributed by atoms with Gasteiger partial charge in [0.25, 0.3) is 0 Å². The molecule has 0 amide bonds. The van der Waals surface area contributed by atoms with Gasteiger partial charge in [0, 0.05) is 17.4 Å². The van der Waals surface area contributed by atoms with Crippen molar-refractivity contribution in [1.29, 1.82) is 0 Å². The number of aryl methyl sites for hydroxylation is 1. The van der Waals surface area contributed by atoms with E-state index in [2.05, 4.69) is 26.2 Å². The Labute approximate surface area is 114 Å². The summed E-state index contributed by atoms with van der Waals surface area (Å²) in [6.45, 7) is 2.77. The highest BCUT2D eigenvalue weighted by Crippen LogP contribution is 2.13. The maximum atomic E-state index is 12.2. The summed E-state index contributed by atoms with van der Waals surface area (Å²) in [4.78, 5) is 12.2. The first-order valence-electron chi connectivity index (χ1n) is 5.87. The van der Waals surface area contributed by atoms with Gasteiger partial charge >= 0.3 is 0 Å². The molecule has 2 rings (SSSR count). The summed E-state index contributed by atoms with van der Waals surface area (Å²) in [5.74, 6) is 0.0477. The van der Waals surface area contributed by atoms with Gasteiger partial charge in [0.2, 0.25) is 0 Å². The third-order valence-electron chi connectivity index (χ3n) is 2.59. The second kappa shape index (κ2) is 5.91. The molecular formula is C13H14BrN3O. The Balaban J connectivity index is 2.14. The van der Waals surface area contributed by atoms with Crippen LogP contribution in [0.3, 0.4) is 0 Å². The van der Waals surface area contributed by atoms with Gasteiger partial charge in [-0.1, -0.05) is 40.2 Å². The van der Waals surface area contributed by atoms with Gasteiger partial charge in [-0.3, -0.25) is 4.79 Å². The highest BCUT2D eigenvalue weighted by Gasteiger charge is 2.13. The molecule has 0 N–H and O–H groups in total. The first-order chi connectivity index (χ1) is 8.70. The molecule has 0 unspecified atom stereocenters. The molecule has 5 heteroatoms. The minimum Gasteiger partial charge on any atom is -0.292 e. The Morgan fingerprint density at radius 2 is 2.28 bits per heavy atom. The molecular weight excluding hydrogens is 294 g/mol. The lowest BCUT2D eigenvalue weighted by Crippen LogP contribution is -2.12. The molecule has 0 atom stereocenters. The molecule has 0 aliphatic carbocycles. The fourth-order valence-corrected chi connectivity index (χ4v) is 2.22. The number of carbonyl (C=O) groups excluding carboxylic acids is 1. The van der Waals surface area contributed by atoms with E-state index in [-0.39, 0.29) is 5.78 Å². The van der Waals surface area contributed by atoms with E-state index >= 15 is 0 Å². The Hall–Kier alpha value is -1.49. The van der Waals surface area contributed by atoms with E-state index in [0.717, 1.165) is 23.0 Å². The van der Waals surface area contributed by atoms with Crippen LogP contribution in [0.5, 0.6) is 0 Å². The first kappa shape index (κ1) is 13.0. The van der Waals surface area contributed by atoms with Gasteiger partial charge in [-0.2, -0.15) is 0 Å². The van der Waals surface area contributed by atoms with Crippen LogP contribution in [-0.2, 0) is 13.0 Å². The topological polar surface area (TPSA) is 47.8 Å². The van der Waals surface area contributed by atoms with Crippen LogP contribution in [0.15, 0.2) is 34.9 Å². The number of hydrogen-bond acceptors (Lipinski definition) is 3. The van der Waals surface area contributed by atoms with Gasteiger partial charge in [0.1, 0.15) is 5.69 Å². The Kier molecular flexibility index (Phi) is 4.25. The minimum atomic E-state index is 0.0477. The molecule has 2 aromatic rings. The predicted octanol–water partition coefficient (Wildman–Crippen LogP) is 2.88. The third-order valence-corrected chi connectivity index (χ3v) is 3.09. The monoisotopic (exact) mass is 307 g/mol. The van der Waals surface area contributed by atoms with Crippen molar-refractivity contribution in [2.75, 3.05) is 0 Å². The SMILES string of the molecule is CCCn1nncc1C(=O)Cc1cccc(Br)c1. The summed E-state index contributed by atoms with van der Waals surface area (Å²) in [6, 6.07) is 7.76. The van der Waals surface area contributed by atoms with E-state index < -0.39 is 0 Å². The van der Waals surface area contributed by atoms with Gasteiger partial charge in [0.05, 0.1) is 6.20 Å². The van der Waals surface area contributed by atoms with Crippen molar-refractivity contribution in [1.82, 2.24) is 15.0 Å². The van der Waals surface area contributed by atoms with Crippen molar-refractivity contribution in [2.45, 2.75) is 26.3 Å². The molecule has 0 bridgehead atoms. The Bertz CT molecular complexity index is 551. The fourth-order valence-electron chi connectivity index (χ4n) is 1.77. The zero-order valence-electron chi connectivity index (χ0n) is 10.1. The highest BCUT2D eigenvalue weighted by molar-refractivity contribution is 9.10. The lowest BCUT2D eigenvalue weighted by Gasteiger charge is -2.04.